The van der Waals surface area contributed by atoms with E-state index in [0.29, 0.717) is 17.2 Å². The first-order chi connectivity index (χ1) is 32.1. The molecule has 0 aromatic heterocycles. The molecule has 0 aliphatic heterocycles. The van der Waals surface area contributed by atoms with E-state index in [1.807, 2.05) is 36.4 Å². The van der Waals surface area contributed by atoms with Crippen LogP contribution in [0, 0.1) is 0 Å². The summed E-state index contributed by atoms with van der Waals surface area (Å²) in [4.78, 5) is 0. The standard InChI is InChI=1S/C63H66O3/c1-7-25-61(26-8-2)55-34-40(13-19-49(55)52-22-16-46(64)37-58(52)61)43-31-44(41-14-20-50-53-23-17-47(65)38-59(53)62(27-9-3,28-10-4)56(50)35-41)33-45(32-43)42-15-21-51-54-24-18-48(66)39-60(54)63(29-11-5,30-12-6)57(51)36-42/h13-24,31-39,64-66H,7-12,25-30H2,1-6H3. The molecule has 336 valence electrons. The molecule has 0 heterocycles. The van der Waals surface area contributed by atoms with Crippen LogP contribution >= 0.6 is 0 Å². The quantitative estimate of drug-likeness (QED) is 0.0962. The maximum absolute atomic E-state index is 10.9. The molecular weight excluding hydrogens is 805 g/mol. The second-order valence-electron chi connectivity index (χ2n) is 20.0. The zero-order valence-electron chi connectivity index (χ0n) is 40.0. The second-order valence-corrected chi connectivity index (χ2v) is 20.0. The van der Waals surface area contributed by atoms with E-state index >= 15 is 0 Å². The highest BCUT2D eigenvalue weighted by Crippen LogP contribution is 2.59. The van der Waals surface area contributed by atoms with Crippen LogP contribution in [-0.2, 0) is 16.2 Å². The Morgan fingerprint density at radius 3 is 0.697 bits per heavy atom. The number of hydrogen-bond acceptors (Lipinski definition) is 3. The lowest BCUT2D eigenvalue weighted by Crippen LogP contribution is -2.25. The van der Waals surface area contributed by atoms with E-state index in [1.165, 1.54) is 100 Å². The highest BCUT2D eigenvalue weighted by atomic mass is 16.3. The van der Waals surface area contributed by atoms with E-state index in [2.05, 4.69) is 133 Å². The Hall–Kier alpha value is -6.06. The molecule has 3 N–H and O–H groups in total. The summed E-state index contributed by atoms with van der Waals surface area (Å²) in [6, 6.07) is 46.8. The molecule has 10 rings (SSSR count). The predicted molar refractivity (Wildman–Crippen MR) is 276 cm³/mol. The summed E-state index contributed by atoms with van der Waals surface area (Å²) in [5, 5.41) is 32.6. The van der Waals surface area contributed by atoms with E-state index in [0.717, 1.165) is 77.0 Å². The van der Waals surface area contributed by atoms with Gasteiger partial charge in [-0.15, -0.1) is 0 Å². The molecule has 0 saturated heterocycles. The zero-order chi connectivity index (χ0) is 46.0. The van der Waals surface area contributed by atoms with Crippen molar-refractivity contribution in [3.63, 3.8) is 0 Å². The Morgan fingerprint density at radius 1 is 0.258 bits per heavy atom. The van der Waals surface area contributed by atoms with Crippen LogP contribution in [0.3, 0.4) is 0 Å². The minimum atomic E-state index is -0.167. The minimum absolute atomic E-state index is 0.167. The molecular formula is C63H66O3. The average molecular weight is 871 g/mol. The van der Waals surface area contributed by atoms with Gasteiger partial charge in [0.15, 0.2) is 0 Å². The predicted octanol–water partition coefficient (Wildman–Crippen LogP) is 17.4. The lowest BCUT2D eigenvalue weighted by molar-refractivity contribution is 0.429. The van der Waals surface area contributed by atoms with Crippen molar-refractivity contribution < 1.29 is 15.3 Å². The molecule has 0 bridgehead atoms. The number of benzene rings is 7. The van der Waals surface area contributed by atoms with E-state index < -0.39 is 0 Å². The normalized spacial score (nSPS) is 15.2. The van der Waals surface area contributed by atoms with E-state index in [4.69, 9.17) is 0 Å². The summed E-state index contributed by atoms with van der Waals surface area (Å²) in [7, 11) is 0. The maximum Gasteiger partial charge on any atom is 0.115 e. The van der Waals surface area contributed by atoms with Crippen LogP contribution in [0.4, 0.5) is 0 Å². The summed E-state index contributed by atoms with van der Waals surface area (Å²) in [5.41, 5.74) is 22.2. The number of hydrogen-bond donors (Lipinski definition) is 3. The smallest absolute Gasteiger partial charge is 0.115 e. The van der Waals surface area contributed by atoms with Crippen molar-refractivity contribution in [3.05, 3.63) is 161 Å². The van der Waals surface area contributed by atoms with Gasteiger partial charge in [-0.1, -0.05) is 135 Å². The van der Waals surface area contributed by atoms with Gasteiger partial charge >= 0.3 is 0 Å². The van der Waals surface area contributed by atoms with Gasteiger partial charge in [-0.2, -0.15) is 0 Å². The first kappa shape index (κ1) is 43.8. The van der Waals surface area contributed by atoms with Gasteiger partial charge in [0.1, 0.15) is 17.2 Å². The lowest BCUT2D eigenvalue weighted by Gasteiger charge is -2.32. The molecule has 3 heteroatoms. The molecule has 0 unspecified atom stereocenters. The fraction of sp³-hybridized carbons (Fsp3) is 0.333. The maximum atomic E-state index is 10.9. The molecule has 0 fully saturated rings. The van der Waals surface area contributed by atoms with Gasteiger partial charge in [-0.3, -0.25) is 0 Å². The molecule has 3 aliphatic carbocycles. The van der Waals surface area contributed by atoms with Crippen LogP contribution in [0.5, 0.6) is 17.2 Å². The average Bonchev–Trinajstić information content (AvgIpc) is 3.84. The zero-order valence-corrected chi connectivity index (χ0v) is 40.0. The number of aromatic hydroxyl groups is 3. The number of rotatable bonds is 15. The van der Waals surface area contributed by atoms with Gasteiger partial charge in [0.2, 0.25) is 0 Å². The Bertz CT molecular complexity index is 2650. The third-order valence-electron chi connectivity index (χ3n) is 16.0. The largest absolute Gasteiger partial charge is 0.508 e. The van der Waals surface area contributed by atoms with Crippen molar-refractivity contribution in [1.29, 1.82) is 0 Å². The van der Waals surface area contributed by atoms with Crippen LogP contribution < -0.4 is 0 Å². The molecule has 7 aromatic rings. The third kappa shape index (κ3) is 6.66. The molecule has 0 radical (unpaired) electrons. The van der Waals surface area contributed by atoms with Gasteiger partial charge in [-0.25, -0.2) is 0 Å². The Labute approximate surface area is 393 Å². The second kappa shape index (κ2) is 17.0. The molecule has 0 atom stereocenters. The van der Waals surface area contributed by atoms with Gasteiger partial charge in [0.05, 0.1) is 0 Å². The van der Waals surface area contributed by atoms with Crippen molar-refractivity contribution in [3.8, 4) is 84.0 Å². The fourth-order valence-electron chi connectivity index (χ4n) is 13.7. The first-order valence-corrected chi connectivity index (χ1v) is 25.2. The van der Waals surface area contributed by atoms with Crippen molar-refractivity contribution in [2.45, 2.75) is 135 Å². The van der Waals surface area contributed by atoms with E-state index in [1.54, 1.807) is 0 Å². The van der Waals surface area contributed by atoms with Crippen molar-refractivity contribution in [2.75, 3.05) is 0 Å². The summed E-state index contributed by atoms with van der Waals surface area (Å²) in [6.45, 7) is 13.7. The van der Waals surface area contributed by atoms with E-state index in [-0.39, 0.29) is 16.2 Å². The molecule has 7 aromatic carbocycles. The number of phenolic OH excluding ortho intramolecular Hbond substituents is 3. The van der Waals surface area contributed by atoms with Crippen molar-refractivity contribution in [1.82, 2.24) is 0 Å². The van der Waals surface area contributed by atoms with Gasteiger partial charge in [-0.05, 0) is 211 Å². The fourth-order valence-corrected chi connectivity index (χ4v) is 13.7. The van der Waals surface area contributed by atoms with Crippen LogP contribution in [0.15, 0.2) is 127 Å². The van der Waals surface area contributed by atoms with Crippen LogP contribution in [-0.4, -0.2) is 15.3 Å². The number of phenols is 3. The Morgan fingerprint density at radius 2 is 0.470 bits per heavy atom. The van der Waals surface area contributed by atoms with Gasteiger partial charge in [0, 0.05) is 16.2 Å². The Kier molecular flexibility index (Phi) is 11.3. The van der Waals surface area contributed by atoms with Gasteiger partial charge in [0.25, 0.3) is 0 Å². The molecule has 0 spiro atoms. The van der Waals surface area contributed by atoms with Crippen molar-refractivity contribution in [2.24, 2.45) is 0 Å². The topological polar surface area (TPSA) is 60.7 Å². The highest BCUT2D eigenvalue weighted by Gasteiger charge is 2.45. The molecule has 3 aliphatic rings. The molecule has 66 heavy (non-hydrogen) atoms. The first-order valence-electron chi connectivity index (χ1n) is 25.2. The lowest BCUT2D eigenvalue weighted by atomic mass is 9.71. The third-order valence-corrected chi connectivity index (χ3v) is 16.0. The van der Waals surface area contributed by atoms with E-state index in [9.17, 15) is 15.3 Å². The Balaban J connectivity index is 1.20. The summed E-state index contributed by atoms with van der Waals surface area (Å²) in [5.74, 6) is 1.01. The van der Waals surface area contributed by atoms with Crippen LogP contribution in [0.1, 0.15) is 152 Å². The molecule has 3 nitrogen and oxygen atoms in total. The van der Waals surface area contributed by atoms with Gasteiger partial charge < -0.3 is 15.3 Å². The molecule has 0 saturated carbocycles. The summed E-state index contributed by atoms with van der Waals surface area (Å²) >= 11 is 0. The number of fused-ring (bicyclic) bond motifs is 9. The SMILES string of the molecule is CCCC1(CCC)c2cc(O)ccc2-c2ccc(-c3cc(-c4ccc5c(c4)C(CCC)(CCC)c4cc(O)ccc4-5)cc(-c4ccc5c(c4)C(CCC)(CCC)c4cc(O)ccc4-5)c3)cc21. The van der Waals surface area contributed by atoms with Crippen molar-refractivity contribution >= 4 is 0 Å². The molecule has 0 amide bonds. The van der Waals surface area contributed by atoms with Crippen LogP contribution in [0.2, 0.25) is 0 Å². The highest BCUT2D eigenvalue weighted by molar-refractivity contribution is 5.90. The van der Waals surface area contributed by atoms with Crippen LogP contribution in [0.25, 0.3) is 66.8 Å². The monoisotopic (exact) mass is 871 g/mol. The summed E-state index contributed by atoms with van der Waals surface area (Å²) in [6.07, 6.45) is 12.5. The minimum Gasteiger partial charge on any atom is -0.508 e. The summed E-state index contributed by atoms with van der Waals surface area (Å²) < 4.78 is 0.